The summed E-state index contributed by atoms with van der Waals surface area (Å²) in [5, 5.41) is 11.2. The lowest BCUT2D eigenvalue weighted by Gasteiger charge is -2.26. The van der Waals surface area contributed by atoms with Gasteiger partial charge >= 0.3 is 0 Å². The van der Waals surface area contributed by atoms with E-state index in [1.54, 1.807) is 43.5 Å². The van der Waals surface area contributed by atoms with Crippen LogP contribution in [0.2, 0.25) is 0 Å². The van der Waals surface area contributed by atoms with Crippen molar-refractivity contribution in [3.05, 3.63) is 101 Å². The third-order valence-electron chi connectivity index (χ3n) is 5.96. The number of aliphatic hydroxyl groups excluding tert-OH is 1. The van der Waals surface area contributed by atoms with Crippen LogP contribution < -0.4 is 15.4 Å². The van der Waals surface area contributed by atoms with Crippen molar-refractivity contribution in [3.8, 4) is 5.75 Å². The molecule has 3 aromatic carbocycles. The Bertz CT molecular complexity index is 1200. The molecule has 0 bridgehead atoms. The predicted molar refractivity (Wildman–Crippen MR) is 128 cm³/mol. The van der Waals surface area contributed by atoms with Crippen LogP contribution in [0.3, 0.4) is 0 Å². The van der Waals surface area contributed by atoms with Gasteiger partial charge in [-0.25, -0.2) is 0 Å². The number of Topliss-reactive ketones (excluding diaryl/α,β-unsaturated/α-hetero) is 1. The number of anilines is 1. The van der Waals surface area contributed by atoms with Gasteiger partial charge in [0.15, 0.2) is 0 Å². The molecule has 4 rings (SSSR count). The average molecular weight is 443 g/mol. The number of aryl methyl sites for hydroxylation is 1. The van der Waals surface area contributed by atoms with Gasteiger partial charge in [-0.05, 0) is 59.5 Å². The molecular formula is C27H26N2O4. The van der Waals surface area contributed by atoms with Crippen molar-refractivity contribution < 1.29 is 19.4 Å². The maximum absolute atomic E-state index is 13.2. The molecule has 0 radical (unpaired) electrons. The molecule has 168 valence electrons. The zero-order valence-electron chi connectivity index (χ0n) is 18.6. The molecule has 1 unspecified atom stereocenters. The van der Waals surface area contributed by atoms with Crippen LogP contribution in [-0.4, -0.2) is 23.9 Å². The van der Waals surface area contributed by atoms with Gasteiger partial charge in [0.2, 0.25) is 0 Å². The van der Waals surface area contributed by atoms with Gasteiger partial charge in [0.25, 0.3) is 11.7 Å². The van der Waals surface area contributed by atoms with Crippen LogP contribution in [0.15, 0.2) is 78.4 Å². The highest BCUT2D eigenvalue weighted by Gasteiger charge is 2.46. The van der Waals surface area contributed by atoms with E-state index in [4.69, 9.17) is 10.5 Å². The topological polar surface area (TPSA) is 92.9 Å². The Hall–Kier alpha value is -3.90. The molecule has 0 aromatic heterocycles. The van der Waals surface area contributed by atoms with Crippen LogP contribution in [0.5, 0.6) is 5.75 Å². The molecule has 3 N–H and O–H groups in total. The number of ketones is 1. The quantitative estimate of drug-likeness (QED) is 0.337. The first kappa shape index (κ1) is 22.3. The van der Waals surface area contributed by atoms with Crippen LogP contribution >= 0.6 is 0 Å². The van der Waals surface area contributed by atoms with Gasteiger partial charge in [-0.1, -0.05) is 43.3 Å². The second-order valence-electron chi connectivity index (χ2n) is 7.86. The fourth-order valence-electron chi connectivity index (χ4n) is 4.05. The molecule has 6 nitrogen and oxygen atoms in total. The Morgan fingerprint density at radius 1 is 0.939 bits per heavy atom. The highest BCUT2D eigenvalue weighted by atomic mass is 16.5. The van der Waals surface area contributed by atoms with E-state index in [1.807, 2.05) is 36.4 Å². The number of hydrogen-bond acceptors (Lipinski definition) is 5. The van der Waals surface area contributed by atoms with E-state index in [0.717, 1.165) is 23.1 Å². The van der Waals surface area contributed by atoms with Crippen molar-refractivity contribution in [2.24, 2.45) is 5.73 Å². The third-order valence-corrected chi connectivity index (χ3v) is 5.96. The predicted octanol–water partition coefficient (Wildman–Crippen LogP) is 4.34. The monoisotopic (exact) mass is 442 g/mol. The standard InChI is InChI=1S/C27H26N2O4/c1-3-17-4-8-19(9-5-17)24-23(25(30)20-10-14-22(33-2)15-11-20)26(31)27(32)29(24)21-12-6-18(16-28)7-13-21/h4-15,24,30H,3,16,28H2,1-2H3/b25-23+. The van der Waals surface area contributed by atoms with Gasteiger partial charge in [0, 0.05) is 17.8 Å². The number of hydrogen-bond donors (Lipinski definition) is 2. The van der Waals surface area contributed by atoms with Crippen molar-refractivity contribution in [2.75, 3.05) is 12.0 Å². The Morgan fingerprint density at radius 3 is 2.09 bits per heavy atom. The van der Waals surface area contributed by atoms with Crippen molar-refractivity contribution in [1.29, 1.82) is 0 Å². The number of amides is 1. The van der Waals surface area contributed by atoms with Gasteiger partial charge < -0.3 is 15.6 Å². The second-order valence-corrected chi connectivity index (χ2v) is 7.86. The number of ether oxygens (including phenoxy) is 1. The van der Waals surface area contributed by atoms with Gasteiger partial charge in [0.05, 0.1) is 18.7 Å². The van der Waals surface area contributed by atoms with Crippen LogP contribution in [0.4, 0.5) is 5.69 Å². The second kappa shape index (κ2) is 9.30. The summed E-state index contributed by atoms with van der Waals surface area (Å²) < 4.78 is 5.18. The Balaban J connectivity index is 1.89. The van der Waals surface area contributed by atoms with E-state index in [1.165, 1.54) is 4.90 Å². The minimum absolute atomic E-state index is 0.0531. The van der Waals surface area contributed by atoms with Crippen molar-refractivity contribution in [1.82, 2.24) is 0 Å². The van der Waals surface area contributed by atoms with E-state index in [2.05, 4.69) is 6.92 Å². The average Bonchev–Trinajstić information content (AvgIpc) is 3.14. The van der Waals surface area contributed by atoms with Gasteiger partial charge in [-0.15, -0.1) is 0 Å². The summed E-state index contributed by atoms with van der Waals surface area (Å²) in [5.74, 6) is -1.01. The van der Waals surface area contributed by atoms with E-state index in [-0.39, 0.29) is 11.3 Å². The zero-order chi connectivity index (χ0) is 23.5. The largest absolute Gasteiger partial charge is 0.507 e. The Kier molecular flexibility index (Phi) is 6.29. The number of carbonyl (C=O) groups excluding carboxylic acids is 2. The van der Waals surface area contributed by atoms with E-state index in [0.29, 0.717) is 23.5 Å². The fourth-order valence-corrected chi connectivity index (χ4v) is 4.05. The first-order chi connectivity index (χ1) is 16.0. The number of carbonyl (C=O) groups is 2. The summed E-state index contributed by atoms with van der Waals surface area (Å²) in [7, 11) is 1.55. The molecule has 3 aromatic rings. The highest BCUT2D eigenvalue weighted by Crippen LogP contribution is 2.42. The van der Waals surface area contributed by atoms with Crippen LogP contribution in [0.1, 0.15) is 35.2 Å². The third kappa shape index (κ3) is 4.13. The maximum Gasteiger partial charge on any atom is 0.300 e. The van der Waals surface area contributed by atoms with Gasteiger partial charge in [-0.2, -0.15) is 0 Å². The minimum Gasteiger partial charge on any atom is -0.507 e. The minimum atomic E-state index is -0.762. The van der Waals surface area contributed by atoms with Crippen molar-refractivity contribution >= 4 is 23.1 Å². The molecule has 0 spiro atoms. The molecular weight excluding hydrogens is 416 g/mol. The lowest BCUT2D eigenvalue weighted by Crippen LogP contribution is -2.29. The molecule has 1 aliphatic heterocycles. The fraction of sp³-hybridized carbons (Fsp3) is 0.185. The lowest BCUT2D eigenvalue weighted by atomic mass is 9.94. The molecule has 6 heteroatoms. The normalized spacial score (nSPS) is 17.4. The Labute approximate surface area is 192 Å². The van der Waals surface area contributed by atoms with Crippen molar-refractivity contribution in [3.63, 3.8) is 0 Å². The highest BCUT2D eigenvalue weighted by molar-refractivity contribution is 6.51. The smallest absolute Gasteiger partial charge is 0.300 e. The molecule has 0 aliphatic carbocycles. The molecule has 1 aliphatic rings. The molecule has 0 saturated carbocycles. The summed E-state index contributed by atoms with van der Waals surface area (Å²) in [6.45, 7) is 2.43. The molecule has 1 fully saturated rings. The summed E-state index contributed by atoms with van der Waals surface area (Å²) in [6.07, 6.45) is 0.868. The van der Waals surface area contributed by atoms with Crippen LogP contribution in [0.25, 0.3) is 5.76 Å². The molecule has 1 heterocycles. The Morgan fingerprint density at radius 2 is 1.55 bits per heavy atom. The number of nitrogens with two attached hydrogens (primary N) is 1. The lowest BCUT2D eigenvalue weighted by molar-refractivity contribution is -0.132. The summed E-state index contributed by atoms with van der Waals surface area (Å²) in [6, 6.07) is 20.9. The zero-order valence-corrected chi connectivity index (χ0v) is 18.6. The number of methoxy groups -OCH3 is 1. The summed E-state index contributed by atoms with van der Waals surface area (Å²) in [5.41, 5.74) is 9.55. The first-order valence-corrected chi connectivity index (χ1v) is 10.8. The van der Waals surface area contributed by atoms with Gasteiger partial charge in [0.1, 0.15) is 11.5 Å². The number of benzene rings is 3. The number of aliphatic hydroxyl groups is 1. The van der Waals surface area contributed by atoms with Crippen LogP contribution in [-0.2, 0) is 22.6 Å². The van der Waals surface area contributed by atoms with E-state index < -0.39 is 17.7 Å². The summed E-state index contributed by atoms with van der Waals surface area (Å²) in [4.78, 5) is 27.8. The van der Waals surface area contributed by atoms with Crippen LogP contribution in [0, 0.1) is 0 Å². The summed E-state index contributed by atoms with van der Waals surface area (Å²) >= 11 is 0. The molecule has 1 atom stereocenters. The SMILES string of the molecule is CCc1ccc(C2/C(=C(\O)c3ccc(OC)cc3)C(=O)C(=O)N2c2ccc(CN)cc2)cc1. The van der Waals surface area contributed by atoms with E-state index in [9.17, 15) is 14.7 Å². The van der Waals surface area contributed by atoms with Gasteiger partial charge in [-0.3, -0.25) is 14.5 Å². The molecule has 1 amide bonds. The number of rotatable bonds is 6. The molecule has 33 heavy (non-hydrogen) atoms. The van der Waals surface area contributed by atoms with Crippen molar-refractivity contribution in [2.45, 2.75) is 25.9 Å². The molecule has 1 saturated heterocycles. The van der Waals surface area contributed by atoms with E-state index >= 15 is 0 Å². The maximum atomic E-state index is 13.2. The first-order valence-electron chi connectivity index (χ1n) is 10.8. The number of nitrogens with zero attached hydrogens (tertiary/aromatic N) is 1.